The molecule has 1 fully saturated rings. The fourth-order valence-electron chi connectivity index (χ4n) is 2.19. The number of halogens is 1. The van der Waals surface area contributed by atoms with Gasteiger partial charge in [-0.1, -0.05) is 46.3 Å². The molecule has 92 valence electrons. The summed E-state index contributed by atoms with van der Waals surface area (Å²) in [5, 5.41) is 1.98. The zero-order valence-corrected chi connectivity index (χ0v) is 11.5. The van der Waals surface area contributed by atoms with Crippen LogP contribution in [0.1, 0.15) is 18.1 Å². The largest absolute Gasteiger partial charge is 0.265 e. The Labute approximate surface area is 115 Å². The summed E-state index contributed by atoms with van der Waals surface area (Å²) in [7, 11) is 0. The summed E-state index contributed by atoms with van der Waals surface area (Å²) in [5.41, 5.74) is 2.36. The normalized spacial score (nSPS) is 19.2. The lowest BCUT2D eigenvalue weighted by Gasteiger charge is -2.18. The van der Waals surface area contributed by atoms with Gasteiger partial charge in [-0.3, -0.25) is 9.90 Å². The van der Waals surface area contributed by atoms with E-state index in [1.54, 1.807) is 0 Å². The molecule has 3 rings (SSSR count). The Balaban J connectivity index is 1.74. The van der Waals surface area contributed by atoms with Crippen molar-refractivity contribution in [2.24, 2.45) is 0 Å². The van der Waals surface area contributed by atoms with E-state index in [1.165, 1.54) is 5.56 Å². The van der Waals surface area contributed by atoms with E-state index in [0.29, 0.717) is 0 Å². The molecule has 3 heteroatoms. The van der Waals surface area contributed by atoms with Crippen molar-refractivity contribution in [2.75, 3.05) is 11.6 Å². The van der Waals surface area contributed by atoms with Gasteiger partial charge in [0.25, 0.3) is 0 Å². The Bertz CT molecular complexity index is 512. The molecule has 1 heterocycles. The second-order valence-electron chi connectivity index (χ2n) is 4.37. The van der Waals surface area contributed by atoms with Gasteiger partial charge >= 0.3 is 0 Å². The van der Waals surface area contributed by atoms with Crippen molar-refractivity contribution >= 4 is 21.6 Å². The summed E-state index contributed by atoms with van der Waals surface area (Å²) in [6.45, 7) is 0.932. The molecule has 1 saturated heterocycles. The van der Waals surface area contributed by atoms with Crippen molar-refractivity contribution in [1.82, 2.24) is 0 Å². The first-order valence-electron chi connectivity index (χ1n) is 6.08. The summed E-state index contributed by atoms with van der Waals surface area (Å²) in [4.78, 5) is 5.99. The van der Waals surface area contributed by atoms with Crippen LogP contribution in [-0.4, -0.2) is 6.54 Å². The number of rotatable bonds is 2. The Morgan fingerprint density at radius 3 is 2.44 bits per heavy atom. The number of anilines is 1. The van der Waals surface area contributed by atoms with E-state index in [1.807, 2.05) is 23.3 Å². The van der Waals surface area contributed by atoms with Crippen LogP contribution in [0.2, 0.25) is 0 Å². The molecule has 2 nitrogen and oxygen atoms in total. The molecule has 18 heavy (non-hydrogen) atoms. The van der Waals surface area contributed by atoms with Crippen molar-refractivity contribution in [1.29, 1.82) is 0 Å². The lowest BCUT2D eigenvalue weighted by atomic mass is 10.1. The monoisotopic (exact) mass is 303 g/mol. The van der Waals surface area contributed by atoms with Gasteiger partial charge in [-0.15, -0.1) is 0 Å². The fourth-order valence-corrected chi connectivity index (χ4v) is 2.45. The molecular weight excluding hydrogens is 290 g/mol. The molecule has 0 radical (unpaired) electrons. The smallest absolute Gasteiger partial charge is 0.112 e. The molecule has 1 aliphatic rings. The van der Waals surface area contributed by atoms with Crippen LogP contribution in [-0.2, 0) is 4.84 Å². The van der Waals surface area contributed by atoms with Crippen molar-refractivity contribution < 1.29 is 4.84 Å². The first-order chi connectivity index (χ1) is 8.83. The highest BCUT2D eigenvalue weighted by Crippen LogP contribution is 2.32. The molecule has 0 bridgehead atoms. The Morgan fingerprint density at radius 2 is 1.72 bits per heavy atom. The van der Waals surface area contributed by atoms with E-state index in [0.717, 1.165) is 23.1 Å². The number of benzene rings is 2. The van der Waals surface area contributed by atoms with Crippen LogP contribution >= 0.6 is 15.9 Å². The molecule has 0 aromatic heterocycles. The molecule has 2 aromatic carbocycles. The van der Waals surface area contributed by atoms with Crippen molar-refractivity contribution in [3.8, 4) is 0 Å². The van der Waals surface area contributed by atoms with Crippen molar-refractivity contribution in [3.05, 3.63) is 64.6 Å². The first-order valence-corrected chi connectivity index (χ1v) is 6.87. The van der Waals surface area contributed by atoms with Crippen LogP contribution in [0.25, 0.3) is 0 Å². The van der Waals surface area contributed by atoms with Gasteiger partial charge in [-0.25, -0.2) is 0 Å². The standard InChI is InChI=1S/C15H14BrNO/c16-13-6-8-14(9-7-13)17-11-10-15(18-17)12-4-2-1-3-5-12/h1-9,15H,10-11H2. The van der Waals surface area contributed by atoms with Crippen LogP contribution in [0.5, 0.6) is 0 Å². The van der Waals surface area contributed by atoms with Crippen LogP contribution in [0.3, 0.4) is 0 Å². The van der Waals surface area contributed by atoms with E-state index in [9.17, 15) is 0 Å². The van der Waals surface area contributed by atoms with Gasteiger partial charge in [0.15, 0.2) is 0 Å². The maximum atomic E-state index is 5.99. The molecule has 1 atom stereocenters. The summed E-state index contributed by atoms with van der Waals surface area (Å²) in [6.07, 6.45) is 1.20. The van der Waals surface area contributed by atoms with E-state index in [-0.39, 0.29) is 6.10 Å². The number of hydrogen-bond acceptors (Lipinski definition) is 2. The highest BCUT2D eigenvalue weighted by Gasteiger charge is 2.25. The molecular formula is C15H14BrNO. The van der Waals surface area contributed by atoms with Gasteiger partial charge in [0.1, 0.15) is 6.10 Å². The van der Waals surface area contributed by atoms with Crippen molar-refractivity contribution in [2.45, 2.75) is 12.5 Å². The van der Waals surface area contributed by atoms with E-state index in [2.05, 4.69) is 52.3 Å². The quantitative estimate of drug-likeness (QED) is 0.818. The minimum Gasteiger partial charge on any atom is -0.265 e. The van der Waals surface area contributed by atoms with Crippen LogP contribution in [0.4, 0.5) is 5.69 Å². The minimum atomic E-state index is 0.176. The number of nitrogens with zero attached hydrogens (tertiary/aromatic N) is 1. The van der Waals surface area contributed by atoms with Gasteiger partial charge in [-0.05, 0) is 29.8 Å². The predicted molar refractivity (Wildman–Crippen MR) is 76.4 cm³/mol. The van der Waals surface area contributed by atoms with E-state index >= 15 is 0 Å². The third-order valence-corrected chi connectivity index (χ3v) is 3.66. The topological polar surface area (TPSA) is 12.5 Å². The highest BCUT2D eigenvalue weighted by atomic mass is 79.9. The zero-order valence-electron chi connectivity index (χ0n) is 9.92. The average Bonchev–Trinajstić information content (AvgIpc) is 2.90. The molecule has 0 saturated carbocycles. The predicted octanol–water partition coefficient (Wildman–Crippen LogP) is 4.33. The van der Waals surface area contributed by atoms with Gasteiger partial charge in [0, 0.05) is 17.4 Å². The summed E-state index contributed by atoms with van der Waals surface area (Å²) in [5.74, 6) is 0. The third-order valence-electron chi connectivity index (χ3n) is 3.13. The highest BCUT2D eigenvalue weighted by molar-refractivity contribution is 9.10. The molecule has 2 aromatic rings. The van der Waals surface area contributed by atoms with E-state index in [4.69, 9.17) is 4.84 Å². The summed E-state index contributed by atoms with van der Waals surface area (Å²) < 4.78 is 1.09. The van der Waals surface area contributed by atoms with E-state index < -0.39 is 0 Å². The van der Waals surface area contributed by atoms with Crippen LogP contribution in [0, 0.1) is 0 Å². The zero-order chi connectivity index (χ0) is 12.4. The summed E-state index contributed by atoms with van der Waals surface area (Å²) in [6, 6.07) is 18.6. The van der Waals surface area contributed by atoms with Crippen LogP contribution < -0.4 is 5.06 Å². The van der Waals surface area contributed by atoms with Crippen LogP contribution in [0.15, 0.2) is 59.1 Å². The van der Waals surface area contributed by atoms with Gasteiger partial charge < -0.3 is 0 Å². The number of hydroxylamine groups is 1. The SMILES string of the molecule is Brc1ccc(N2CCC(c3ccccc3)O2)cc1. The maximum absolute atomic E-state index is 5.99. The summed E-state index contributed by atoms with van der Waals surface area (Å²) >= 11 is 3.44. The molecule has 0 aliphatic carbocycles. The molecule has 1 unspecified atom stereocenters. The second kappa shape index (κ2) is 5.12. The maximum Gasteiger partial charge on any atom is 0.112 e. The lowest BCUT2D eigenvalue weighted by molar-refractivity contribution is 0.0879. The second-order valence-corrected chi connectivity index (χ2v) is 5.29. The molecule has 0 N–H and O–H groups in total. The van der Waals surface area contributed by atoms with Crippen molar-refractivity contribution in [3.63, 3.8) is 0 Å². The lowest BCUT2D eigenvalue weighted by Crippen LogP contribution is -2.16. The Kier molecular flexibility index (Phi) is 3.35. The Morgan fingerprint density at radius 1 is 1.00 bits per heavy atom. The molecule has 0 spiro atoms. The average molecular weight is 304 g/mol. The molecule has 0 amide bonds. The van der Waals surface area contributed by atoms with Gasteiger partial charge in [-0.2, -0.15) is 0 Å². The third kappa shape index (κ3) is 2.42. The number of hydrogen-bond donors (Lipinski definition) is 0. The van der Waals surface area contributed by atoms with Gasteiger partial charge in [0.2, 0.25) is 0 Å². The molecule has 1 aliphatic heterocycles. The Hall–Kier alpha value is -1.32. The fraction of sp³-hybridized carbons (Fsp3) is 0.200. The first kappa shape index (κ1) is 11.8. The van der Waals surface area contributed by atoms with Gasteiger partial charge in [0.05, 0.1) is 5.69 Å². The minimum absolute atomic E-state index is 0.176.